The first kappa shape index (κ1) is 18.4. The normalized spacial score (nSPS) is 16.7. The molecule has 0 radical (unpaired) electrons. The molecule has 0 unspecified atom stereocenters. The van der Waals surface area contributed by atoms with E-state index in [1.54, 1.807) is 16.8 Å². The van der Waals surface area contributed by atoms with E-state index in [1.807, 2.05) is 26.1 Å². The minimum absolute atomic E-state index is 0.0364. The molecule has 1 heterocycles. The van der Waals surface area contributed by atoms with E-state index < -0.39 is 0 Å². The maximum Gasteiger partial charge on any atom is 0.191 e. The minimum atomic E-state index is -0.187. The van der Waals surface area contributed by atoms with Crippen LogP contribution in [0.2, 0.25) is 0 Å². The molecule has 0 aliphatic heterocycles. The van der Waals surface area contributed by atoms with Crippen molar-refractivity contribution in [3.63, 3.8) is 0 Å². The molecule has 1 aliphatic rings. The Morgan fingerprint density at radius 1 is 1.23 bits per heavy atom. The largest absolute Gasteiger partial charge is 0.357 e. The van der Waals surface area contributed by atoms with Crippen molar-refractivity contribution < 1.29 is 4.39 Å². The number of halogens is 1. The standard InChI is InChI=1S/C19H27FN6/c1-3-21-18(22-12-17-24-14-25-26(17)2)23-13-19(10-4-5-11-19)15-6-8-16(20)9-7-15/h6-9,14H,3-5,10-13H2,1-2H3,(H2,21,22,23). The zero-order valence-electron chi connectivity index (χ0n) is 15.5. The first-order valence-electron chi connectivity index (χ1n) is 9.24. The number of benzene rings is 1. The lowest BCUT2D eigenvalue weighted by Gasteiger charge is -2.31. The SMILES string of the molecule is CCNC(=NCc1ncnn1C)NCC1(c2ccc(F)cc2)CCCC1. The van der Waals surface area contributed by atoms with Crippen molar-refractivity contribution in [3.05, 3.63) is 47.8 Å². The van der Waals surface area contributed by atoms with Gasteiger partial charge in [-0.25, -0.2) is 14.4 Å². The van der Waals surface area contributed by atoms with Crippen LogP contribution >= 0.6 is 0 Å². The Hall–Kier alpha value is -2.44. The predicted molar refractivity (Wildman–Crippen MR) is 100 cm³/mol. The van der Waals surface area contributed by atoms with Crippen molar-refractivity contribution >= 4 is 5.96 Å². The number of hydrogen-bond acceptors (Lipinski definition) is 3. The molecule has 2 N–H and O–H groups in total. The first-order chi connectivity index (χ1) is 12.6. The van der Waals surface area contributed by atoms with Crippen LogP contribution in [-0.4, -0.2) is 33.8 Å². The summed E-state index contributed by atoms with van der Waals surface area (Å²) in [4.78, 5) is 8.84. The summed E-state index contributed by atoms with van der Waals surface area (Å²) in [7, 11) is 1.86. The van der Waals surface area contributed by atoms with Gasteiger partial charge < -0.3 is 10.6 Å². The van der Waals surface area contributed by atoms with Crippen LogP contribution in [0.15, 0.2) is 35.6 Å². The van der Waals surface area contributed by atoms with E-state index in [2.05, 4.69) is 25.7 Å². The summed E-state index contributed by atoms with van der Waals surface area (Å²) < 4.78 is 15.0. The molecule has 1 aromatic carbocycles. The summed E-state index contributed by atoms with van der Waals surface area (Å²) >= 11 is 0. The van der Waals surface area contributed by atoms with Crippen molar-refractivity contribution in [1.29, 1.82) is 0 Å². The number of aromatic nitrogens is 3. The second-order valence-corrected chi connectivity index (χ2v) is 6.84. The fourth-order valence-corrected chi connectivity index (χ4v) is 3.63. The van der Waals surface area contributed by atoms with Crippen LogP contribution in [0.1, 0.15) is 44.0 Å². The van der Waals surface area contributed by atoms with Gasteiger partial charge in [0, 0.05) is 25.6 Å². The Kier molecular flexibility index (Phi) is 5.85. The third-order valence-electron chi connectivity index (χ3n) is 5.14. The summed E-state index contributed by atoms with van der Waals surface area (Å²) in [5, 5.41) is 10.8. The van der Waals surface area contributed by atoms with Crippen LogP contribution in [0.25, 0.3) is 0 Å². The number of nitrogens with one attached hydrogen (secondary N) is 2. The van der Waals surface area contributed by atoms with Crippen molar-refractivity contribution in [2.75, 3.05) is 13.1 Å². The van der Waals surface area contributed by atoms with Gasteiger partial charge in [0.05, 0.1) is 0 Å². The topological polar surface area (TPSA) is 67.1 Å². The molecule has 0 saturated heterocycles. The lowest BCUT2D eigenvalue weighted by Crippen LogP contribution is -2.44. The van der Waals surface area contributed by atoms with Crippen molar-refractivity contribution in [2.24, 2.45) is 12.0 Å². The Morgan fingerprint density at radius 2 is 1.96 bits per heavy atom. The van der Waals surface area contributed by atoms with Gasteiger partial charge in [-0.2, -0.15) is 5.10 Å². The average Bonchev–Trinajstić information content (AvgIpc) is 3.28. The maximum atomic E-state index is 13.3. The molecule has 0 atom stereocenters. The van der Waals surface area contributed by atoms with E-state index in [4.69, 9.17) is 0 Å². The third kappa shape index (κ3) is 4.20. The summed E-state index contributed by atoms with van der Waals surface area (Å²) in [5.74, 6) is 1.40. The van der Waals surface area contributed by atoms with Crippen LogP contribution in [0.3, 0.4) is 0 Å². The lowest BCUT2D eigenvalue weighted by atomic mass is 9.79. The smallest absolute Gasteiger partial charge is 0.191 e. The summed E-state index contributed by atoms with van der Waals surface area (Å²) in [6.07, 6.45) is 6.15. The van der Waals surface area contributed by atoms with Gasteiger partial charge in [-0.3, -0.25) is 4.68 Å². The third-order valence-corrected chi connectivity index (χ3v) is 5.14. The molecule has 7 heteroatoms. The fourth-order valence-electron chi connectivity index (χ4n) is 3.63. The monoisotopic (exact) mass is 358 g/mol. The van der Waals surface area contributed by atoms with Gasteiger partial charge in [0.15, 0.2) is 5.96 Å². The zero-order chi connectivity index (χ0) is 18.4. The number of guanidine groups is 1. The van der Waals surface area contributed by atoms with Crippen LogP contribution in [0, 0.1) is 5.82 Å². The van der Waals surface area contributed by atoms with Gasteiger partial charge in [-0.1, -0.05) is 25.0 Å². The summed E-state index contributed by atoms with van der Waals surface area (Å²) in [6.45, 7) is 4.08. The number of aliphatic imine (C=N–C) groups is 1. The van der Waals surface area contributed by atoms with Crippen LogP contribution in [-0.2, 0) is 19.0 Å². The highest BCUT2D eigenvalue weighted by atomic mass is 19.1. The molecular weight excluding hydrogens is 331 g/mol. The molecule has 3 rings (SSSR count). The highest BCUT2D eigenvalue weighted by Crippen LogP contribution is 2.40. The molecule has 1 saturated carbocycles. The molecule has 0 bridgehead atoms. The van der Waals surface area contributed by atoms with E-state index in [-0.39, 0.29) is 11.2 Å². The van der Waals surface area contributed by atoms with Gasteiger partial charge in [0.1, 0.15) is 24.5 Å². The molecule has 6 nitrogen and oxygen atoms in total. The Balaban J connectivity index is 1.71. The number of rotatable bonds is 6. The number of aryl methyl sites for hydroxylation is 1. The van der Waals surface area contributed by atoms with Gasteiger partial charge in [0.2, 0.25) is 0 Å². The van der Waals surface area contributed by atoms with E-state index in [0.29, 0.717) is 6.54 Å². The van der Waals surface area contributed by atoms with Gasteiger partial charge in [0.25, 0.3) is 0 Å². The van der Waals surface area contributed by atoms with Crippen LogP contribution < -0.4 is 10.6 Å². The highest BCUT2D eigenvalue weighted by Gasteiger charge is 2.35. The molecule has 2 aromatic rings. The molecule has 1 aromatic heterocycles. The van der Waals surface area contributed by atoms with Crippen molar-refractivity contribution in [1.82, 2.24) is 25.4 Å². The van der Waals surface area contributed by atoms with Crippen LogP contribution in [0.5, 0.6) is 0 Å². The number of hydrogen-bond donors (Lipinski definition) is 2. The Morgan fingerprint density at radius 3 is 2.58 bits per heavy atom. The number of nitrogens with zero attached hydrogens (tertiary/aromatic N) is 4. The second kappa shape index (κ2) is 8.29. The molecule has 1 aliphatic carbocycles. The van der Waals surface area contributed by atoms with Crippen molar-refractivity contribution in [2.45, 2.75) is 44.6 Å². The Bertz CT molecular complexity index is 731. The quantitative estimate of drug-likeness (QED) is 0.615. The zero-order valence-corrected chi connectivity index (χ0v) is 15.5. The minimum Gasteiger partial charge on any atom is -0.357 e. The van der Waals surface area contributed by atoms with E-state index in [1.165, 1.54) is 24.7 Å². The van der Waals surface area contributed by atoms with E-state index in [9.17, 15) is 4.39 Å². The van der Waals surface area contributed by atoms with Crippen molar-refractivity contribution in [3.8, 4) is 0 Å². The summed E-state index contributed by atoms with van der Waals surface area (Å²) in [5.41, 5.74) is 1.24. The lowest BCUT2D eigenvalue weighted by molar-refractivity contribution is 0.431. The fraction of sp³-hybridized carbons (Fsp3) is 0.526. The highest BCUT2D eigenvalue weighted by molar-refractivity contribution is 5.79. The second-order valence-electron chi connectivity index (χ2n) is 6.84. The molecule has 0 spiro atoms. The first-order valence-corrected chi connectivity index (χ1v) is 9.24. The predicted octanol–water partition coefficient (Wildman–Crippen LogP) is 2.52. The molecule has 0 amide bonds. The maximum absolute atomic E-state index is 13.3. The van der Waals surface area contributed by atoms with Gasteiger partial charge >= 0.3 is 0 Å². The molecule has 1 fully saturated rings. The molecular formula is C19H27FN6. The summed E-state index contributed by atoms with van der Waals surface area (Å²) in [6, 6.07) is 6.96. The van der Waals surface area contributed by atoms with E-state index in [0.717, 1.165) is 37.7 Å². The van der Waals surface area contributed by atoms with Gasteiger partial charge in [-0.05, 0) is 37.5 Å². The molecule has 140 valence electrons. The van der Waals surface area contributed by atoms with Gasteiger partial charge in [-0.15, -0.1) is 0 Å². The Labute approximate surface area is 153 Å². The average molecular weight is 358 g/mol. The molecule has 26 heavy (non-hydrogen) atoms. The van der Waals surface area contributed by atoms with E-state index >= 15 is 0 Å². The van der Waals surface area contributed by atoms with Crippen LogP contribution in [0.4, 0.5) is 4.39 Å².